The van der Waals surface area contributed by atoms with Crippen LogP contribution >= 0.6 is 11.3 Å². The molecule has 5 nitrogen and oxygen atoms in total. The number of methoxy groups -OCH3 is 1. The number of hydrogen-bond acceptors (Lipinski definition) is 4. The molecule has 0 saturated carbocycles. The molecule has 0 aliphatic heterocycles. The Morgan fingerprint density at radius 2 is 1.61 bits per heavy atom. The molecule has 1 aromatic heterocycles. The minimum absolute atomic E-state index is 0.103. The zero-order chi connectivity index (χ0) is 25.3. The maximum absolute atomic E-state index is 13.7. The molecular weight excluding hydrogens is 468 g/mol. The van der Waals surface area contributed by atoms with Crippen molar-refractivity contribution >= 4 is 23.2 Å². The van der Waals surface area contributed by atoms with Crippen LogP contribution in [0.1, 0.15) is 33.2 Å². The van der Waals surface area contributed by atoms with Crippen molar-refractivity contribution in [3.05, 3.63) is 124 Å². The van der Waals surface area contributed by atoms with E-state index in [1.165, 1.54) is 0 Å². The van der Waals surface area contributed by atoms with Gasteiger partial charge in [0.15, 0.2) is 0 Å². The molecule has 0 bridgehead atoms. The zero-order valence-corrected chi connectivity index (χ0v) is 21.3. The van der Waals surface area contributed by atoms with Gasteiger partial charge in [-0.05, 0) is 47.2 Å². The number of ether oxygens (including phenoxy) is 1. The Hall–Kier alpha value is -3.90. The highest BCUT2D eigenvalue weighted by molar-refractivity contribution is 7.10. The number of nitrogens with one attached hydrogen (secondary N) is 1. The van der Waals surface area contributed by atoms with Crippen LogP contribution in [0.5, 0.6) is 5.75 Å². The highest BCUT2D eigenvalue weighted by Crippen LogP contribution is 2.27. The second kappa shape index (κ2) is 12.2. The summed E-state index contributed by atoms with van der Waals surface area (Å²) in [5.74, 6) is 0.363. The number of nitrogens with zero attached hydrogens (tertiary/aromatic N) is 1. The summed E-state index contributed by atoms with van der Waals surface area (Å²) in [4.78, 5) is 30.1. The number of aryl methyl sites for hydroxylation is 1. The van der Waals surface area contributed by atoms with E-state index in [-0.39, 0.29) is 18.2 Å². The largest absolute Gasteiger partial charge is 0.497 e. The summed E-state index contributed by atoms with van der Waals surface area (Å²) in [7, 11) is 1.60. The Labute approximate surface area is 216 Å². The first-order chi connectivity index (χ1) is 17.5. The molecule has 0 aliphatic rings. The molecule has 0 fully saturated rings. The van der Waals surface area contributed by atoms with Crippen LogP contribution in [0.3, 0.4) is 0 Å². The van der Waals surface area contributed by atoms with Crippen LogP contribution in [0.2, 0.25) is 0 Å². The molecule has 1 heterocycles. The molecule has 0 unspecified atom stereocenters. The van der Waals surface area contributed by atoms with Gasteiger partial charge in [0, 0.05) is 18.0 Å². The van der Waals surface area contributed by atoms with Gasteiger partial charge in [0.2, 0.25) is 11.8 Å². The third kappa shape index (κ3) is 6.61. The van der Waals surface area contributed by atoms with E-state index in [2.05, 4.69) is 5.32 Å². The minimum Gasteiger partial charge on any atom is -0.497 e. The fraction of sp³-hybridized carbons (Fsp3) is 0.200. The van der Waals surface area contributed by atoms with Gasteiger partial charge in [0.25, 0.3) is 0 Å². The molecule has 0 spiro atoms. The summed E-state index contributed by atoms with van der Waals surface area (Å²) < 4.78 is 5.32. The van der Waals surface area contributed by atoms with Crippen LogP contribution in [-0.4, -0.2) is 23.8 Å². The van der Waals surface area contributed by atoms with Crippen molar-refractivity contribution in [1.29, 1.82) is 0 Å². The second-order valence-corrected chi connectivity index (χ2v) is 9.67. The van der Waals surface area contributed by atoms with Crippen LogP contribution in [0, 0.1) is 6.92 Å². The van der Waals surface area contributed by atoms with Gasteiger partial charge < -0.3 is 15.0 Å². The van der Waals surface area contributed by atoms with E-state index in [1.54, 1.807) is 23.3 Å². The Balaban J connectivity index is 1.68. The van der Waals surface area contributed by atoms with Crippen molar-refractivity contribution in [3.8, 4) is 5.75 Å². The van der Waals surface area contributed by atoms with Gasteiger partial charge >= 0.3 is 0 Å². The van der Waals surface area contributed by atoms with Crippen molar-refractivity contribution in [2.24, 2.45) is 0 Å². The lowest BCUT2D eigenvalue weighted by atomic mass is 10.0. The number of carbonyl (C=O) groups is 2. The third-order valence-corrected chi connectivity index (χ3v) is 6.88. The molecule has 36 heavy (non-hydrogen) atoms. The molecule has 0 aliphatic carbocycles. The lowest BCUT2D eigenvalue weighted by molar-refractivity contribution is -0.141. The number of rotatable bonds is 10. The first-order valence-electron chi connectivity index (χ1n) is 11.9. The highest BCUT2D eigenvalue weighted by Gasteiger charge is 2.31. The molecule has 1 atom stereocenters. The summed E-state index contributed by atoms with van der Waals surface area (Å²) in [6.07, 6.45) is 0.238. The van der Waals surface area contributed by atoms with Gasteiger partial charge in [-0.1, -0.05) is 78.4 Å². The first-order valence-corrected chi connectivity index (χ1v) is 12.7. The van der Waals surface area contributed by atoms with Gasteiger partial charge in [-0.2, -0.15) is 0 Å². The van der Waals surface area contributed by atoms with Crippen LogP contribution in [0.15, 0.2) is 96.4 Å². The average molecular weight is 499 g/mol. The molecule has 0 saturated heterocycles. The number of carbonyl (C=O) groups excluding carboxylic acids is 2. The van der Waals surface area contributed by atoms with E-state index < -0.39 is 6.04 Å². The lowest BCUT2D eigenvalue weighted by Gasteiger charge is -2.32. The quantitative estimate of drug-likeness (QED) is 0.305. The fourth-order valence-corrected chi connectivity index (χ4v) is 4.71. The van der Waals surface area contributed by atoms with Crippen LogP contribution in [0.4, 0.5) is 0 Å². The molecule has 0 radical (unpaired) electrons. The first kappa shape index (κ1) is 25.2. The SMILES string of the molecule is COc1ccc([C@H](C(=O)NCc2ccccc2)N(Cc2ccc(C)cc2)C(=O)Cc2cccs2)cc1. The molecule has 6 heteroatoms. The second-order valence-electron chi connectivity index (χ2n) is 8.64. The fourth-order valence-electron chi connectivity index (χ4n) is 4.02. The van der Waals surface area contributed by atoms with E-state index in [9.17, 15) is 9.59 Å². The van der Waals surface area contributed by atoms with E-state index in [1.807, 2.05) is 103 Å². The molecule has 3 aromatic carbocycles. The molecule has 4 rings (SSSR count). The van der Waals surface area contributed by atoms with E-state index >= 15 is 0 Å². The van der Waals surface area contributed by atoms with Gasteiger partial charge in [-0.15, -0.1) is 11.3 Å². The summed E-state index contributed by atoms with van der Waals surface area (Å²) in [6.45, 7) is 2.73. The number of amides is 2. The molecule has 1 N–H and O–H groups in total. The van der Waals surface area contributed by atoms with E-state index in [4.69, 9.17) is 4.74 Å². The van der Waals surface area contributed by atoms with Gasteiger partial charge in [0.05, 0.1) is 13.5 Å². The van der Waals surface area contributed by atoms with Gasteiger partial charge in [-0.25, -0.2) is 0 Å². The van der Waals surface area contributed by atoms with Crippen molar-refractivity contribution in [3.63, 3.8) is 0 Å². The summed E-state index contributed by atoms with van der Waals surface area (Å²) >= 11 is 1.54. The van der Waals surface area contributed by atoms with Crippen molar-refractivity contribution in [2.45, 2.75) is 32.5 Å². The highest BCUT2D eigenvalue weighted by atomic mass is 32.1. The Morgan fingerprint density at radius 3 is 2.25 bits per heavy atom. The molecule has 4 aromatic rings. The monoisotopic (exact) mass is 498 g/mol. The summed E-state index contributed by atoms with van der Waals surface area (Å²) in [5, 5.41) is 5.01. The Bertz CT molecular complexity index is 1250. The van der Waals surface area contributed by atoms with Crippen molar-refractivity contribution in [1.82, 2.24) is 10.2 Å². The topological polar surface area (TPSA) is 58.6 Å². The standard InChI is InChI=1S/C30H30N2O3S/c1-22-10-12-24(13-11-22)21-32(28(33)19-27-9-6-18-36-27)29(25-14-16-26(35-2)17-15-25)30(34)31-20-23-7-4-3-5-8-23/h3-18,29H,19-21H2,1-2H3,(H,31,34)/t29-/m1/s1. The Kier molecular flexibility index (Phi) is 8.53. The molecule has 184 valence electrons. The number of thiophene rings is 1. The van der Waals surface area contributed by atoms with Gasteiger partial charge in [-0.3, -0.25) is 9.59 Å². The van der Waals surface area contributed by atoms with E-state index in [0.29, 0.717) is 18.8 Å². The van der Waals surface area contributed by atoms with E-state index in [0.717, 1.165) is 27.1 Å². The summed E-state index contributed by atoms with van der Waals surface area (Å²) in [5.41, 5.74) is 3.83. The number of benzene rings is 3. The lowest BCUT2D eigenvalue weighted by Crippen LogP contribution is -2.43. The zero-order valence-electron chi connectivity index (χ0n) is 20.5. The van der Waals surface area contributed by atoms with Crippen LogP contribution in [0.25, 0.3) is 0 Å². The third-order valence-electron chi connectivity index (χ3n) is 6.00. The predicted octanol–water partition coefficient (Wildman–Crippen LogP) is 5.69. The molecular formula is C30H30N2O3S. The van der Waals surface area contributed by atoms with Crippen molar-refractivity contribution in [2.75, 3.05) is 7.11 Å². The number of hydrogen-bond donors (Lipinski definition) is 1. The maximum Gasteiger partial charge on any atom is 0.247 e. The molecule has 2 amide bonds. The maximum atomic E-state index is 13.7. The average Bonchev–Trinajstić information content (AvgIpc) is 3.42. The normalized spacial score (nSPS) is 11.5. The van der Waals surface area contributed by atoms with Crippen LogP contribution < -0.4 is 10.1 Å². The summed E-state index contributed by atoms with van der Waals surface area (Å²) in [6, 6.07) is 28.3. The van der Waals surface area contributed by atoms with Crippen LogP contribution in [-0.2, 0) is 29.1 Å². The Morgan fingerprint density at radius 1 is 0.889 bits per heavy atom. The minimum atomic E-state index is -0.798. The van der Waals surface area contributed by atoms with Crippen molar-refractivity contribution < 1.29 is 14.3 Å². The van der Waals surface area contributed by atoms with Gasteiger partial charge in [0.1, 0.15) is 11.8 Å². The predicted molar refractivity (Wildman–Crippen MR) is 144 cm³/mol. The smallest absolute Gasteiger partial charge is 0.247 e.